The summed E-state index contributed by atoms with van der Waals surface area (Å²) in [4.78, 5) is 28.5. The van der Waals surface area contributed by atoms with Gasteiger partial charge in [0.05, 0.1) is 5.69 Å². The molecule has 0 aromatic heterocycles. The van der Waals surface area contributed by atoms with Gasteiger partial charge >= 0.3 is 0 Å². The van der Waals surface area contributed by atoms with Crippen molar-refractivity contribution in [1.82, 2.24) is 5.32 Å². The molecule has 1 saturated heterocycles. The fourth-order valence-electron chi connectivity index (χ4n) is 2.27. The largest absolute Gasteiger partial charge is 0.326 e. The molecule has 0 spiro atoms. The van der Waals surface area contributed by atoms with Crippen LogP contribution in [0.5, 0.6) is 0 Å². The van der Waals surface area contributed by atoms with Crippen molar-refractivity contribution in [1.29, 1.82) is 0 Å². The van der Waals surface area contributed by atoms with E-state index in [1.807, 2.05) is 13.0 Å². The van der Waals surface area contributed by atoms with Crippen molar-refractivity contribution >= 4 is 51.7 Å². The topological polar surface area (TPSA) is 70.6 Å². The summed E-state index contributed by atoms with van der Waals surface area (Å²) >= 11 is 7.26. The fraction of sp³-hybridized carbons (Fsp3) is 0.167. The van der Waals surface area contributed by atoms with Crippen LogP contribution in [0, 0.1) is 12.7 Å². The Morgan fingerprint density at radius 1 is 1.31 bits per heavy atom. The van der Waals surface area contributed by atoms with Gasteiger partial charge in [-0.25, -0.2) is 9.38 Å². The maximum absolute atomic E-state index is 12.9. The number of carbonyl (C=O) groups excluding carboxylic acids is 2. The Morgan fingerprint density at radius 2 is 2.04 bits per heavy atom. The van der Waals surface area contributed by atoms with Crippen molar-refractivity contribution in [2.24, 2.45) is 4.99 Å². The van der Waals surface area contributed by atoms with Crippen molar-refractivity contribution in [3.05, 3.63) is 58.9 Å². The van der Waals surface area contributed by atoms with Gasteiger partial charge in [0, 0.05) is 17.1 Å². The molecule has 0 saturated carbocycles. The molecule has 0 radical (unpaired) electrons. The highest BCUT2D eigenvalue weighted by Crippen LogP contribution is 2.27. The molecule has 26 heavy (non-hydrogen) atoms. The summed E-state index contributed by atoms with van der Waals surface area (Å²) in [6, 6.07) is 10.8. The number of aryl methyl sites for hydroxylation is 1. The van der Waals surface area contributed by atoms with E-state index in [-0.39, 0.29) is 24.1 Å². The van der Waals surface area contributed by atoms with Crippen LogP contribution in [0.25, 0.3) is 0 Å². The van der Waals surface area contributed by atoms with Crippen LogP contribution in [0.15, 0.2) is 47.5 Å². The Bertz CT molecular complexity index is 887. The average molecular weight is 392 g/mol. The zero-order valence-electron chi connectivity index (χ0n) is 13.8. The molecule has 1 fully saturated rings. The van der Waals surface area contributed by atoms with Gasteiger partial charge in [0.2, 0.25) is 11.8 Å². The number of hydrogen-bond acceptors (Lipinski definition) is 4. The molecule has 1 atom stereocenters. The number of carbonyl (C=O) groups is 2. The molecule has 2 aromatic carbocycles. The summed E-state index contributed by atoms with van der Waals surface area (Å²) in [5, 5.41) is 5.75. The first-order chi connectivity index (χ1) is 12.4. The first-order valence-corrected chi connectivity index (χ1v) is 9.04. The first-order valence-electron chi connectivity index (χ1n) is 7.78. The molecule has 2 N–H and O–H groups in total. The molecule has 1 unspecified atom stereocenters. The maximum Gasteiger partial charge on any atom is 0.240 e. The summed E-state index contributed by atoms with van der Waals surface area (Å²) in [6.45, 7) is 1.89. The van der Waals surface area contributed by atoms with E-state index in [4.69, 9.17) is 11.6 Å². The lowest BCUT2D eigenvalue weighted by molar-refractivity contribution is -0.122. The van der Waals surface area contributed by atoms with Crippen LogP contribution in [0.1, 0.15) is 12.0 Å². The molecule has 8 heteroatoms. The molecule has 5 nitrogen and oxygen atoms in total. The molecule has 0 aliphatic carbocycles. The zero-order chi connectivity index (χ0) is 18.7. The highest BCUT2D eigenvalue weighted by molar-refractivity contribution is 8.15. The van der Waals surface area contributed by atoms with Gasteiger partial charge in [-0.1, -0.05) is 29.4 Å². The van der Waals surface area contributed by atoms with E-state index in [2.05, 4.69) is 15.6 Å². The van der Waals surface area contributed by atoms with Crippen LogP contribution in [0.3, 0.4) is 0 Å². The summed E-state index contributed by atoms with van der Waals surface area (Å²) in [6.07, 6.45) is -0.0124. The van der Waals surface area contributed by atoms with E-state index in [0.29, 0.717) is 21.6 Å². The van der Waals surface area contributed by atoms with Gasteiger partial charge in [-0.3, -0.25) is 9.59 Å². The smallest absolute Gasteiger partial charge is 0.240 e. The Hall–Kier alpha value is -2.38. The third-order valence-corrected chi connectivity index (χ3v) is 5.15. The minimum absolute atomic E-state index is 0.0124. The number of amides is 2. The summed E-state index contributed by atoms with van der Waals surface area (Å²) in [5.74, 6) is -0.990. The number of benzene rings is 2. The van der Waals surface area contributed by atoms with Crippen molar-refractivity contribution in [2.75, 3.05) is 5.32 Å². The second-order valence-corrected chi connectivity index (χ2v) is 7.30. The minimum Gasteiger partial charge on any atom is -0.326 e. The van der Waals surface area contributed by atoms with Crippen molar-refractivity contribution in [3.8, 4) is 0 Å². The molecule has 1 aliphatic heterocycles. The van der Waals surface area contributed by atoms with E-state index in [1.54, 1.807) is 12.1 Å². The number of anilines is 1. The summed E-state index contributed by atoms with van der Waals surface area (Å²) < 4.78 is 12.9. The molecular weight excluding hydrogens is 377 g/mol. The van der Waals surface area contributed by atoms with Crippen LogP contribution >= 0.6 is 23.4 Å². The highest BCUT2D eigenvalue weighted by Gasteiger charge is 2.32. The van der Waals surface area contributed by atoms with Crippen molar-refractivity contribution < 1.29 is 14.0 Å². The lowest BCUT2D eigenvalue weighted by atomic mass is 10.2. The van der Waals surface area contributed by atoms with Gasteiger partial charge in [-0.05, 0) is 48.9 Å². The van der Waals surface area contributed by atoms with Crippen LogP contribution in [-0.4, -0.2) is 22.2 Å². The van der Waals surface area contributed by atoms with Gasteiger partial charge < -0.3 is 10.6 Å². The number of halogens is 2. The molecule has 0 bridgehead atoms. The van der Waals surface area contributed by atoms with Gasteiger partial charge in [0.25, 0.3) is 0 Å². The van der Waals surface area contributed by atoms with Crippen LogP contribution in [-0.2, 0) is 9.59 Å². The van der Waals surface area contributed by atoms with Gasteiger partial charge in [0.15, 0.2) is 5.17 Å². The minimum atomic E-state index is -0.574. The monoisotopic (exact) mass is 391 g/mol. The molecule has 3 rings (SSSR count). The summed E-state index contributed by atoms with van der Waals surface area (Å²) in [7, 11) is 0. The molecule has 2 aromatic rings. The van der Waals surface area contributed by atoms with Gasteiger partial charge in [-0.15, -0.1) is 0 Å². The van der Waals surface area contributed by atoms with Crippen molar-refractivity contribution in [2.45, 2.75) is 18.6 Å². The third kappa shape index (κ3) is 4.62. The van der Waals surface area contributed by atoms with Crippen molar-refractivity contribution in [3.63, 3.8) is 0 Å². The standard InChI is InChI=1S/C18H15ClFN3O2S/c1-10-2-5-13(8-14(10)19)22-18-23-17(25)15(26-18)9-16(24)21-12-6-3-11(20)4-7-12/h2-8,15H,9H2,1H3,(H,21,24)(H,22,23,25). The SMILES string of the molecule is Cc1ccc(N=C2NC(=O)C(CC(=O)Nc3ccc(F)cc3)S2)cc1Cl. The van der Waals surface area contributed by atoms with Gasteiger partial charge in [-0.2, -0.15) is 0 Å². The number of aliphatic imine (C=N–C) groups is 1. The third-order valence-electron chi connectivity index (χ3n) is 3.66. The van der Waals surface area contributed by atoms with Gasteiger partial charge in [0.1, 0.15) is 11.1 Å². The number of amidine groups is 1. The lowest BCUT2D eigenvalue weighted by Gasteiger charge is -2.07. The van der Waals surface area contributed by atoms with E-state index in [1.165, 1.54) is 36.0 Å². The van der Waals surface area contributed by atoms with Crippen LogP contribution in [0.4, 0.5) is 15.8 Å². The Morgan fingerprint density at radius 3 is 2.73 bits per heavy atom. The molecule has 1 aliphatic rings. The zero-order valence-corrected chi connectivity index (χ0v) is 15.3. The summed E-state index contributed by atoms with van der Waals surface area (Å²) in [5.41, 5.74) is 2.04. The number of nitrogens with zero attached hydrogens (tertiary/aromatic N) is 1. The predicted octanol–water partition coefficient (Wildman–Crippen LogP) is 4.04. The maximum atomic E-state index is 12.9. The lowest BCUT2D eigenvalue weighted by Crippen LogP contribution is -2.28. The van der Waals surface area contributed by atoms with E-state index >= 15 is 0 Å². The molecular formula is C18H15ClFN3O2S. The molecule has 2 amide bonds. The highest BCUT2D eigenvalue weighted by atomic mass is 35.5. The fourth-order valence-corrected chi connectivity index (χ4v) is 3.44. The normalized spacial score (nSPS) is 18.0. The molecule has 1 heterocycles. The number of thioether (sulfide) groups is 1. The quantitative estimate of drug-likeness (QED) is 0.826. The van der Waals surface area contributed by atoms with E-state index < -0.39 is 5.25 Å². The Labute approximate surface area is 159 Å². The van der Waals surface area contributed by atoms with E-state index in [0.717, 1.165) is 5.56 Å². The average Bonchev–Trinajstić information content (AvgIpc) is 2.92. The van der Waals surface area contributed by atoms with Crippen LogP contribution in [0.2, 0.25) is 5.02 Å². The number of rotatable bonds is 4. The number of nitrogens with one attached hydrogen (secondary N) is 2. The Balaban J connectivity index is 1.62. The second-order valence-electron chi connectivity index (χ2n) is 5.71. The second kappa shape index (κ2) is 7.88. The van der Waals surface area contributed by atoms with Crippen LogP contribution < -0.4 is 10.6 Å². The predicted molar refractivity (Wildman–Crippen MR) is 102 cm³/mol. The Kier molecular flexibility index (Phi) is 5.58. The first kappa shape index (κ1) is 18.4. The molecule has 134 valence electrons. The number of hydrogen-bond donors (Lipinski definition) is 2. The van der Waals surface area contributed by atoms with E-state index in [9.17, 15) is 14.0 Å².